The van der Waals surface area contributed by atoms with Crippen LogP contribution in [0, 0.1) is 6.92 Å². The Balaban J connectivity index is 2.39. The van der Waals surface area contributed by atoms with Crippen LogP contribution in [0.2, 0.25) is 10.2 Å². The number of benzene rings is 1. The fourth-order valence-corrected chi connectivity index (χ4v) is 2.52. The lowest BCUT2D eigenvalue weighted by atomic mass is 9.82. The minimum Gasteiger partial charge on any atom is -0.322 e. The molecular formula is C15H17Cl2N3. The SMILES string of the molecule is Cc1cc(Cl)ccc1[C@@H](N)[C@@](C)(N)c1ccc(Cl)nc1. The van der Waals surface area contributed by atoms with Gasteiger partial charge in [0.1, 0.15) is 5.15 Å². The molecule has 106 valence electrons. The molecule has 4 N–H and O–H groups in total. The van der Waals surface area contributed by atoms with Crippen LogP contribution in [-0.2, 0) is 5.54 Å². The molecule has 0 radical (unpaired) electrons. The van der Waals surface area contributed by atoms with Crippen molar-refractivity contribution in [3.63, 3.8) is 0 Å². The van der Waals surface area contributed by atoms with E-state index in [0.717, 1.165) is 16.7 Å². The minimum atomic E-state index is -0.754. The topological polar surface area (TPSA) is 64.9 Å². The number of nitrogens with zero attached hydrogens (tertiary/aromatic N) is 1. The molecule has 0 saturated carbocycles. The maximum Gasteiger partial charge on any atom is 0.129 e. The number of halogens is 2. The van der Waals surface area contributed by atoms with Gasteiger partial charge in [-0.25, -0.2) is 4.98 Å². The molecule has 2 rings (SSSR count). The third-order valence-electron chi connectivity index (χ3n) is 3.56. The van der Waals surface area contributed by atoms with Gasteiger partial charge in [0, 0.05) is 11.2 Å². The van der Waals surface area contributed by atoms with Crippen molar-refractivity contribution < 1.29 is 0 Å². The first kappa shape index (κ1) is 15.3. The lowest BCUT2D eigenvalue weighted by molar-refractivity contribution is 0.394. The van der Waals surface area contributed by atoms with Crippen LogP contribution in [0.1, 0.15) is 29.7 Å². The first-order chi connectivity index (χ1) is 9.32. The normalized spacial score (nSPS) is 15.7. The molecular weight excluding hydrogens is 293 g/mol. The average Bonchev–Trinajstić information content (AvgIpc) is 2.38. The molecule has 3 nitrogen and oxygen atoms in total. The number of pyridine rings is 1. The van der Waals surface area contributed by atoms with Crippen LogP contribution in [0.25, 0.3) is 0 Å². The maximum absolute atomic E-state index is 6.43. The Morgan fingerprint density at radius 2 is 1.90 bits per heavy atom. The van der Waals surface area contributed by atoms with Gasteiger partial charge in [-0.15, -0.1) is 0 Å². The number of rotatable bonds is 3. The van der Waals surface area contributed by atoms with Gasteiger partial charge < -0.3 is 11.5 Å². The molecule has 0 saturated heterocycles. The summed E-state index contributed by atoms with van der Waals surface area (Å²) in [6.07, 6.45) is 1.66. The van der Waals surface area contributed by atoms with Crippen LogP contribution in [0.3, 0.4) is 0 Å². The van der Waals surface area contributed by atoms with E-state index in [4.69, 9.17) is 34.7 Å². The van der Waals surface area contributed by atoms with E-state index < -0.39 is 5.54 Å². The number of hydrogen-bond acceptors (Lipinski definition) is 3. The summed E-state index contributed by atoms with van der Waals surface area (Å²) in [5.41, 5.74) is 14.9. The fraction of sp³-hybridized carbons (Fsp3) is 0.267. The molecule has 0 aliphatic rings. The number of aryl methyl sites for hydroxylation is 1. The molecule has 0 aliphatic heterocycles. The third kappa shape index (κ3) is 2.96. The zero-order valence-electron chi connectivity index (χ0n) is 11.4. The van der Waals surface area contributed by atoms with Gasteiger partial charge in [-0.3, -0.25) is 0 Å². The average molecular weight is 310 g/mol. The summed E-state index contributed by atoms with van der Waals surface area (Å²) in [7, 11) is 0. The summed E-state index contributed by atoms with van der Waals surface area (Å²) in [6, 6.07) is 8.80. The van der Waals surface area contributed by atoms with Gasteiger partial charge >= 0.3 is 0 Å². The van der Waals surface area contributed by atoms with Gasteiger partial charge in [-0.1, -0.05) is 35.3 Å². The highest BCUT2D eigenvalue weighted by Crippen LogP contribution is 2.33. The zero-order chi connectivity index (χ0) is 14.9. The second kappa shape index (κ2) is 5.70. The number of aromatic nitrogens is 1. The number of hydrogen-bond donors (Lipinski definition) is 2. The quantitative estimate of drug-likeness (QED) is 0.852. The first-order valence-corrected chi connectivity index (χ1v) is 7.00. The molecule has 1 aromatic heterocycles. The lowest BCUT2D eigenvalue weighted by Gasteiger charge is -2.33. The summed E-state index contributed by atoms with van der Waals surface area (Å²) in [6.45, 7) is 3.86. The first-order valence-electron chi connectivity index (χ1n) is 6.25. The summed E-state index contributed by atoms with van der Waals surface area (Å²) < 4.78 is 0. The summed E-state index contributed by atoms with van der Waals surface area (Å²) in [5.74, 6) is 0. The van der Waals surface area contributed by atoms with Gasteiger partial charge in [-0.2, -0.15) is 0 Å². The molecule has 20 heavy (non-hydrogen) atoms. The highest BCUT2D eigenvalue weighted by Gasteiger charge is 2.31. The van der Waals surface area contributed by atoms with E-state index in [-0.39, 0.29) is 6.04 Å². The minimum absolute atomic E-state index is 0.372. The van der Waals surface area contributed by atoms with Crippen molar-refractivity contribution in [1.29, 1.82) is 0 Å². The Morgan fingerprint density at radius 3 is 2.45 bits per heavy atom. The Bertz CT molecular complexity index is 609. The Hall–Kier alpha value is -1.13. The highest BCUT2D eigenvalue weighted by molar-refractivity contribution is 6.30. The molecule has 0 amide bonds. The Morgan fingerprint density at radius 1 is 1.20 bits per heavy atom. The molecule has 1 heterocycles. The molecule has 0 aliphatic carbocycles. The van der Waals surface area contributed by atoms with Crippen molar-refractivity contribution in [2.75, 3.05) is 0 Å². The largest absolute Gasteiger partial charge is 0.322 e. The highest BCUT2D eigenvalue weighted by atomic mass is 35.5. The molecule has 5 heteroatoms. The van der Waals surface area contributed by atoms with Gasteiger partial charge in [0.05, 0.1) is 11.6 Å². The van der Waals surface area contributed by atoms with E-state index in [0.29, 0.717) is 10.2 Å². The van der Waals surface area contributed by atoms with Gasteiger partial charge in [0.25, 0.3) is 0 Å². The van der Waals surface area contributed by atoms with Crippen molar-refractivity contribution >= 4 is 23.2 Å². The van der Waals surface area contributed by atoms with Crippen molar-refractivity contribution in [2.45, 2.75) is 25.4 Å². The van der Waals surface area contributed by atoms with Crippen LogP contribution >= 0.6 is 23.2 Å². The molecule has 1 aromatic carbocycles. The van der Waals surface area contributed by atoms with E-state index in [1.54, 1.807) is 12.3 Å². The van der Waals surface area contributed by atoms with Crippen molar-refractivity contribution in [2.24, 2.45) is 11.5 Å². The van der Waals surface area contributed by atoms with Crippen LogP contribution in [0.5, 0.6) is 0 Å². The molecule has 2 atom stereocenters. The van der Waals surface area contributed by atoms with Gasteiger partial charge in [-0.05, 0) is 48.7 Å². The molecule has 0 fully saturated rings. The van der Waals surface area contributed by atoms with E-state index >= 15 is 0 Å². The standard InChI is InChI=1S/C15H17Cl2N3/c1-9-7-11(16)4-5-12(9)14(18)15(2,19)10-3-6-13(17)20-8-10/h3-8,14H,18-19H2,1-2H3/t14-,15+/m1/s1. The lowest BCUT2D eigenvalue weighted by Crippen LogP contribution is -2.44. The number of nitrogens with two attached hydrogens (primary N) is 2. The maximum atomic E-state index is 6.43. The van der Waals surface area contributed by atoms with Crippen LogP contribution < -0.4 is 11.5 Å². The van der Waals surface area contributed by atoms with E-state index in [1.165, 1.54) is 0 Å². The zero-order valence-corrected chi connectivity index (χ0v) is 12.9. The van der Waals surface area contributed by atoms with Crippen molar-refractivity contribution in [1.82, 2.24) is 4.98 Å². The second-order valence-electron chi connectivity index (χ2n) is 5.13. The third-order valence-corrected chi connectivity index (χ3v) is 4.02. The Labute approximate surface area is 128 Å². The van der Waals surface area contributed by atoms with E-state index in [9.17, 15) is 0 Å². The van der Waals surface area contributed by atoms with E-state index in [2.05, 4.69) is 4.98 Å². The summed E-state index contributed by atoms with van der Waals surface area (Å²) in [4.78, 5) is 4.07. The second-order valence-corrected chi connectivity index (χ2v) is 5.95. The summed E-state index contributed by atoms with van der Waals surface area (Å²) >= 11 is 11.8. The van der Waals surface area contributed by atoms with Crippen molar-refractivity contribution in [3.05, 3.63) is 63.4 Å². The van der Waals surface area contributed by atoms with Crippen LogP contribution in [0.15, 0.2) is 36.5 Å². The molecule has 0 unspecified atom stereocenters. The summed E-state index contributed by atoms with van der Waals surface area (Å²) in [5, 5.41) is 1.12. The smallest absolute Gasteiger partial charge is 0.129 e. The van der Waals surface area contributed by atoms with Crippen LogP contribution in [0.4, 0.5) is 0 Å². The predicted molar refractivity (Wildman–Crippen MR) is 83.9 cm³/mol. The van der Waals surface area contributed by atoms with E-state index in [1.807, 2.05) is 38.1 Å². The fourth-order valence-electron chi connectivity index (χ4n) is 2.19. The molecule has 0 spiro atoms. The predicted octanol–water partition coefficient (Wildman–Crippen LogP) is 3.57. The monoisotopic (exact) mass is 309 g/mol. The van der Waals surface area contributed by atoms with Gasteiger partial charge in [0.2, 0.25) is 0 Å². The Kier molecular flexibility index (Phi) is 4.35. The molecule has 2 aromatic rings. The van der Waals surface area contributed by atoms with Crippen molar-refractivity contribution in [3.8, 4) is 0 Å². The van der Waals surface area contributed by atoms with Crippen LogP contribution in [-0.4, -0.2) is 4.98 Å². The van der Waals surface area contributed by atoms with Gasteiger partial charge in [0.15, 0.2) is 0 Å². The molecule has 0 bridgehead atoms.